The molecule has 1 aromatic heterocycles. The molecule has 2 heterocycles. The second-order valence-electron chi connectivity index (χ2n) is 9.48. The first-order chi connectivity index (χ1) is 18.4. The van der Waals surface area contributed by atoms with Crippen molar-refractivity contribution in [3.8, 4) is 0 Å². The lowest BCUT2D eigenvalue weighted by Gasteiger charge is -2.25. The van der Waals surface area contributed by atoms with Crippen molar-refractivity contribution in [2.75, 3.05) is 31.7 Å². The molecule has 2 unspecified atom stereocenters. The zero-order valence-corrected chi connectivity index (χ0v) is 21.7. The topological polar surface area (TPSA) is 159 Å². The number of unbranched alkanes of at least 4 members (excludes halogenated alkanes) is 1. The van der Waals surface area contributed by atoms with Gasteiger partial charge in [0.15, 0.2) is 17.3 Å². The number of rotatable bonds is 13. The van der Waals surface area contributed by atoms with Crippen LogP contribution in [0.5, 0.6) is 0 Å². The maximum absolute atomic E-state index is 13.6. The summed E-state index contributed by atoms with van der Waals surface area (Å²) >= 11 is 0. The van der Waals surface area contributed by atoms with Crippen LogP contribution in [0.25, 0.3) is 0 Å². The summed E-state index contributed by atoms with van der Waals surface area (Å²) < 4.78 is 12.6. The number of nitrogens with one attached hydrogen (secondary N) is 3. The number of nitrogens with two attached hydrogens (primary N) is 2. The third kappa shape index (κ3) is 7.21. The van der Waals surface area contributed by atoms with Crippen LogP contribution in [0.2, 0.25) is 0 Å². The van der Waals surface area contributed by atoms with Crippen molar-refractivity contribution in [1.29, 1.82) is 0 Å². The lowest BCUT2D eigenvalue weighted by Crippen LogP contribution is -2.45. The van der Waals surface area contributed by atoms with Crippen molar-refractivity contribution >= 4 is 11.7 Å². The van der Waals surface area contributed by atoms with E-state index in [9.17, 15) is 9.59 Å². The van der Waals surface area contributed by atoms with Crippen LogP contribution in [0.1, 0.15) is 36.9 Å². The van der Waals surface area contributed by atoms with Gasteiger partial charge in [0.05, 0.1) is 0 Å². The number of fused-ring (bicyclic) bond motifs is 1. The first-order valence-corrected chi connectivity index (χ1v) is 13.0. The number of aromatic nitrogens is 2. The number of hydrogen-bond donors (Lipinski definition) is 5. The molecule has 0 saturated carbocycles. The number of nitrogens with zero attached hydrogens (tertiary/aromatic N) is 2. The maximum atomic E-state index is 13.6. The van der Waals surface area contributed by atoms with Gasteiger partial charge in [-0.3, -0.25) is 19.5 Å². The lowest BCUT2D eigenvalue weighted by atomic mass is 9.86. The molecule has 2 aliphatic rings. The van der Waals surface area contributed by atoms with Crippen LogP contribution < -0.4 is 33.0 Å². The molecule has 2 aromatic rings. The van der Waals surface area contributed by atoms with E-state index in [1.54, 1.807) is 6.20 Å². The number of amides is 1. The lowest BCUT2D eigenvalue weighted by molar-refractivity contribution is -0.121. The molecular formula is C27H37N7O4. The Morgan fingerprint density at radius 3 is 2.61 bits per heavy atom. The summed E-state index contributed by atoms with van der Waals surface area (Å²) in [5.41, 5.74) is 12.4. The molecule has 1 amide bonds. The Morgan fingerprint density at radius 2 is 1.84 bits per heavy atom. The molecule has 38 heavy (non-hydrogen) atoms. The Labute approximate surface area is 222 Å². The van der Waals surface area contributed by atoms with Crippen LogP contribution in [0, 0.1) is 5.92 Å². The van der Waals surface area contributed by atoms with Crippen molar-refractivity contribution in [2.45, 2.75) is 44.9 Å². The van der Waals surface area contributed by atoms with Crippen molar-refractivity contribution < 1.29 is 14.3 Å². The van der Waals surface area contributed by atoms with E-state index in [1.165, 1.54) is 4.57 Å². The van der Waals surface area contributed by atoms with Crippen LogP contribution in [0.15, 0.2) is 65.0 Å². The fourth-order valence-corrected chi connectivity index (χ4v) is 4.54. The van der Waals surface area contributed by atoms with E-state index in [0.29, 0.717) is 36.8 Å². The average molecular weight is 524 g/mol. The first-order valence-electron chi connectivity index (χ1n) is 13.0. The summed E-state index contributed by atoms with van der Waals surface area (Å²) in [6, 6.07) is 10.0. The minimum atomic E-state index is -0.554. The monoisotopic (exact) mass is 523 g/mol. The summed E-state index contributed by atoms with van der Waals surface area (Å²) in [7, 11) is 0. The molecule has 1 saturated heterocycles. The highest BCUT2D eigenvalue weighted by atomic mass is 16.7. The summed E-state index contributed by atoms with van der Waals surface area (Å²) in [5.74, 6) is 1.14. The number of benzene rings is 1. The Hall–Kier alpha value is -3.67. The molecule has 11 heteroatoms. The molecule has 1 fully saturated rings. The van der Waals surface area contributed by atoms with Crippen molar-refractivity contribution in [3.05, 3.63) is 81.8 Å². The number of carbonyl (C=O) groups is 1. The van der Waals surface area contributed by atoms with E-state index in [2.05, 4.69) is 20.9 Å². The Kier molecular flexibility index (Phi) is 9.52. The van der Waals surface area contributed by atoms with E-state index in [-0.39, 0.29) is 42.5 Å². The van der Waals surface area contributed by atoms with E-state index in [4.69, 9.17) is 20.9 Å². The Bertz CT molecular complexity index is 1210. The second-order valence-corrected chi connectivity index (χ2v) is 9.48. The van der Waals surface area contributed by atoms with Gasteiger partial charge >= 0.3 is 0 Å². The highest BCUT2D eigenvalue weighted by Crippen LogP contribution is 2.37. The van der Waals surface area contributed by atoms with Crippen LogP contribution in [-0.4, -0.2) is 48.2 Å². The highest BCUT2D eigenvalue weighted by molar-refractivity contribution is 5.75. The summed E-state index contributed by atoms with van der Waals surface area (Å²) in [5, 5.41) is 8.99. The molecule has 4 rings (SSSR count). The van der Waals surface area contributed by atoms with Crippen LogP contribution in [0.4, 0.5) is 5.82 Å². The van der Waals surface area contributed by atoms with Gasteiger partial charge in [0.25, 0.3) is 5.56 Å². The normalized spacial score (nSPS) is 18.2. The van der Waals surface area contributed by atoms with E-state index >= 15 is 0 Å². The van der Waals surface area contributed by atoms with Gasteiger partial charge in [-0.05, 0) is 49.4 Å². The summed E-state index contributed by atoms with van der Waals surface area (Å²) in [6.07, 6.45) is 7.35. The average Bonchev–Trinajstić information content (AvgIpc) is 3.35. The van der Waals surface area contributed by atoms with Gasteiger partial charge < -0.3 is 31.6 Å². The standard InChI is InChI=1S/C27H37N7O4/c1-18-13-22-23(38-17-37-22)14-20(18)21-15-33-25(31-12-9-19-7-3-2-4-8-19)26(36)34(21)16-24(35)30-10-5-6-11-32-27(28)29/h2-4,7-8,13-15,18,20,27,32H,5-6,9-12,16-17,28-29H2,1H3,(H,30,35)(H,31,33). The zero-order chi connectivity index (χ0) is 26.9. The fourth-order valence-electron chi connectivity index (χ4n) is 4.54. The van der Waals surface area contributed by atoms with Gasteiger partial charge in [0.2, 0.25) is 12.7 Å². The van der Waals surface area contributed by atoms with Crippen molar-refractivity contribution in [2.24, 2.45) is 17.4 Å². The number of carbonyl (C=O) groups excluding carboxylic acids is 1. The largest absolute Gasteiger partial charge is 0.454 e. The van der Waals surface area contributed by atoms with Crippen LogP contribution in [-0.2, 0) is 27.2 Å². The molecule has 0 bridgehead atoms. The molecule has 0 spiro atoms. The highest BCUT2D eigenvalue weighted by Gasteiger charge is 2.31. The van der Waals surface area contributed by atoms with Crippen LogP contribution >= 0.6 is 0 Å². The number of hydrogen-bond acceptors (Lipinski definition) is 9. The minimum absolute atomic E-state index is 0.0178. The van der Waals surface area contributed by atoms with Crippen LogP contribution in [0.3, 0.4) is 0 Å². The van der Waals surface area contributed by atoms with Crippen molar-refractivity contribution in [3.63, 3.8) is 0 Å². The molecule has 0 radical (unpaired) electrons. The predicted octanol–water partition coefficient (Wildman–Crippen LogP) is 1.09. The van der Waals surface area contributed by atoms with Crippen molar-refractivity contribution in [1.82, 2.24) is 20.2 Å². The van der Waals surface area contributed by atoms with E-state index in [1.807, 2.05) is 49.4 Å². The Balaban J connectivity index is 1.48. The number of anilines is 1. The van der Waals surface area contributed by atoms with Gasteiger partial charge in [-0.2, -0.15) is 0 Å². The SMILES string of the molecule is CC1C=C2OCOC2=CC1c1cnc(NCCc2ccccc2)c(=O)n1CC(=O)NCCCCNC(N)N. The first kappa shape index (κ1) is 27.4. The van der Waals surface area contributed by atoms with Gasteiger partial charge in [-0.1, -0.05) is 37.3 Å². The quantitative estimate of drug-likeness (QED) is 0.191. The molecule has 7 N–H and O–H groups in total. The molecular weight excluding hydrogens is 486 g/mol. The number of allylic oxidation sites excluding steroid dienone is 2. The molecule has 1 aliphatic carbocycles. The smallest absolute Gasteiger partial charge is 0.293 e. The molecule has 2 atom stereocenters. The van der Waals surface area contributed by atoms with Gasteiger partial charge in [0, 0.05) is 30.9 Å². The van der Waals surface area contributed by atoms with E-state index < -0.39 is 6.29 Å². The maximum Gasteiger partial charge on any atom is 0.293 e. The third-order valence-corrected chi connectivity index (χ3v) is 6.57. The Morgan fingerprint density at radius 1 is 1.11 bits per heavy atom. The molecule has 1 aromatic carbocycles. The zero-order valence-electron chi connectivity index (χ0n) is 21.7. The van der Waals surface area contributed by atoms with Gasteiger partial charge in [-0.15, -0.1) is 0 Å². The van der Waals surface area contributed by atoms with E-state index in [0.717, 1.165) is 24.8 Å². The fraction of sp³-hybridized carbons (Fsp3) is 0.444. The molecule has 1 aliphatic heterocycles. The minimum Gasteiger partial charge on any atom is -0.454 e. The summed E-state index contributed by atoms with van der Waals surface area (Å²) in [6.45, 7) is 3.78. The molecule has 11 nitrogen and oxygen atoms in total. The number of ether oxygens (including phenoxy) is 2. The molecule has 204 valence electrons. The van der Waals surface area contributed by atoms with Gasteiger partial charge in [0.1, 0.15) is 12.8 Å². The predicted molar refractivity (Wildman–Crippen MR) is 145 cm³/mol. The second kappa shape index (κ2) is 13.2. The van der Waals surface area contributed by atoms with Gasteiger partial charge in [-0.25, -0.2) is 4.98 Å². The third-order valence-electron chi connectivity index (χ3n) is 6.57. The summed E-state index contributed by atoms with van der Waals surface area (Å²) in [4.78, 5) is 30.9.